The normalized spacial score (nSPS) is 17.8. The first-order valence-corrected chi connectivity index (χ1v) is 14.3. The number of aromatic nitrogens is 2. The van der Waals surface area contributed by atoms with Crippen LogP contribution in [0, 0.1) is 6.92 Å². The molecule has 7 nitrogen and oxygen atoms in total. The van der Waals surface area contributed by atoms with E-state index in [2.05, 4.69) is 58.6 Å². The van der Waals surface area contributed by atoms with E-state index in [9.17, 15) is 8.42 Å². The number of nitrogens with zero attached hydrogens (tertiary/aromatic N) is 3. The van der Waals surface area contributed by atoms with Gasteiger partial charge < -0.3 is 14.8 Å². The molecule has 2 unspecified atom stereocenters. The van der Waals surface area contributed by atoms with Gasteiger partial charge in [0.15, 0.2) is 5.11 Å². The van der Waals surface area contributed by atoms with Crippen molar-refractivity contribution in [2.75, 3.05) is 15.9 Å². The van der Waals surface area contributed by atoms with Crippen molar-refractivity contribution >= 4 is 54.7 Å². The van der Waals surface area contributed by atoms with Gasteiger partial charge in [-0.25, -0.2) is 8.42 Å². The summed E-state index contributed by atoms with van der Waals surface area (Å²) >= 11 is 9.44. The molecule has 1 aliphatic heterocycles. The van der Waals surface area contributed by atoms with Gasteiger partial charge in [0, 0.05) is 33.9 Å². The number of sulfonamides is 1. The summed E-state index contributed by atoms with van der Waals surface area (Å²) in [6, 6.07) is 23.3. The van der Waals surface area contributed by atoms with E-state index in [4.69, 9.17) is 12.2 Å². The molecule has 1 aliphatic rings. The summed E-state index contributed by atoms with van der Waals surface area (Å²) in [6.45, 7) is 1.87. The second-order valence-electron chi connectivity index (χ2n) is 8.65. The van der Waals surface area contributed by atoms with Gasteiger partial charge in [-0.3, -0.25) is 9.71 Å². The van der Waals surface area contributed by atoms with Gasteiger partial charge in [0.2, 0.25) is 10.0 Å². The van der Waals surface area contributed by atoms with Crippen molar-refractivity contribution in [3.8, 4) is 5.69 Å². The predicted octanol–water partition coefficient (Wildman–Crippen LogP) is 5.49. The lowest BCUT2D eigenvalue weighted by Gasteiger charge is -2.29. The summed E-state index contributed by atoms with van der Waals surface area (Å²) in [6.07, 6.45) is 4.96. The second-order valence-corrected chi connectivity index (χ2v) is 11.7. The van der Waals surface area contributed by atoms with Crippen LogP contribution in [0.4, 0.5) is 11.4 Å². The van der Waals surface area contributed by atoms with Crippen molar-refractivity contribution in [1.29, 1.82) is 0 Å². The Morgan fingerprint density at radius 1 is 1.03 bits per heavy atom. The van der Waals surface area contributed by atoms with Crippen LogP contribution >= 0.6 is 28.1 Å². The Morgan fingerprint density at radius 3 is 2.56 bits per heavy atom. The maximum absolute atomic E-state index is 11.8. The van der Waals surface area contributed by atoms with Crippen molar-refractivity contribution in [3.05, 3.63) is 107 Å². The van der Waals surface area contributed by atoms with Gasteiger partial charge in [0.25, 0.3) is 0 Å². The molecule has 2 aromatic heterocycles. The number of hydrogen-bond donors (Lipinski definition) is 2. The van der Waals surface area contributed by atoms with Gasteiger partial charge in [-0.2, -0.15) is 0 Å². The number of anilines is 2. The molecule has 4 aromatic rings. The molecule has 0 aliphatic carbocycles. The minimum atomic E-state index is -3.39. The molecule has 5 rings (SSSR count). The van der Waals surface area contributed by atoms with Crippen LogP contribution in [0.2, 0.25) is 0 Å². The van der Waals surface area contributed by atoms with Crippen LogP contribution in [0.15, 0.2) is 89.7 Å². The van der Waals surface area contributed by atoms with E-state index in [0.717, 1.165) is 39.1 Å². The molecule has 184 valence electrons. The third-order valence-corrected chi connectivity index (χ3v) is 7.45. The summed E-state index contributed by atoms with van der Waals surface area (Å²) in [7, 11) is -3.39. The molecular weight excluding hydrogens is 558 g/mol. The summed E-state index contributed by atoms with van der Waals surface area (Å²) in [4.78, 5) is 6.71. The van der Waals surface area contributed by atoms with Gasteiger partial charge in [-0.1, -0.05) is 28.1 Å². The lowest BCUT2D eigenvalue weighted by atomic mass is 10.0. The van der Waals surface area contributed by atoms with Crippen LogP contribution in [0.3, 0.4) is 0 Å². The first kappa shape index (κ1) is 24.5. The number of benzene rings is 2. The molecule has 0 bridgehead atoms. The van der Waals surface area contributed by atoms with E-state index in [1.807, 2.05) is 61.7 Å². The zero-order chi connectivity index (χ0) is 25.4. The van der Waals surface area contributed by atoms with Crippen LogP contribution in [0.1, 0.15) is 29.0 Å². The fourth-order valence-corrected chi connectivity index (χ4v) is 5.90. The third kappa shape index (κ3) is 4.88. The number of rotatable bonds is 6. The lowest BCUT2D eigenvalue weighted by Crippen LogP contribution is -2.30. The van der Waals surface area contributed by atoms with Gasteiger partial charge in [0.1, 0.15) is 6.04 Å². The van der Waals surface area contributed by atoms with E-state index >= 15 is 0 Å². The monoisotopic (exact) mass is 581 g/mol. The van der Waals surface area contributed by atoms with Crippen molar-refractivity contribution in [2.24, 2.45) is 0 Å². The van der Waals surface area contributed by atoms with E-state index in [0.29, 0.717) is 10.8 Å². The van der Waals surface area contributed by atoms with Crippen LogP contribution in [0.5, 0.6) is 0 Å². The highest BCUT2D eigenvalue weighted by atomic mass is 79.9. The molecule has 2 atom stereocenters. The van der Waals surface area contributed by atoms with Crippen LogP contribution in [0.25, 0.3) is 5.69 Å². The Kier molecular flexibility index (Phi) is 6.59. The quantitative estimate of drug-likeness (QED) is 0.293. The molecule has 2 aromatic carbocycles. The maximum atomic E-state index is 11.8. The highest BCUT2D eigenvalue weighted by molar-refractivity contribution is 9.10. The summed E-state index contributed by atoms with van der Waals surface area (Å²) < 4.78 is 29.3. The largest absolute Gasteiger partial charge is 0.351 e. The van der Waals surface area contributed by atoms with Crippen LogP contribution in [-0.2, 0) is 10.0 Å². The fourth-order valence-electron chi connectivity index (χ4n) is 4.54. The molecular formula is C26H24BrN5O2S2. The second kappa shape index (κ2) is 9.68. The average molecular weight is 583 g/mol. The van der Waals surface area contributed by atoms with E-state index in [1.54, 1.807) is 12.3 Å². The summed E-state index contributed by atoms with van der Waals surface area (Å²) in [5.41, 5.74) is 5.12. The van der Waals surface area contributed by atoms with Crippen molar-refractivity contribution in [2.45, 2.75) is 19.0 Å². The van der Waals surface area contributed by atoms with Crippen molar-refractivity contribution < 1.29 is 8.42 Å². The van der Waals surface area contributed by atoms with Crippen molar-refractivity contribution in [1.82, 2.24) is 14.9 Å². The number of aryl methyl sites for hydroxylation is 1. The first-order chi connectivity index (χ1) is 17.2. The van der Waals surface area contributed by atoms with E-state index in [1.165, 1.54) is 0 Å². The lowest BCUT2D eigenvalue weighted by molar-refractivity contribution is 0.549. The minimum Gasteiger partial charge on any atom is -0.351 e. The van der Waals surface area contributed by atoms with Crippen LogP contribution in [-0.4, -0.2) is 29.3 Å². The Hall–Kier alpha value is -3.21. The van der Waals surface area contributed by atoms with Gasteiger partial charge in [-0.15, -0.1) is 0 Å². The highest BCUT2D eigenvalue weighted by Crippen LogP contribution is 2.43. The van der Waals surface area contributed by atoms with Gasteiger partial charge >= 0.3 is 0 Å². The minimum absolute atomic E-state index is 0.200. The molecule has 0 amide bonds. The number of pyridine rings is 1. The topological polar surface area (TPSA) is 79.3 Å². The molecule has 0 radical (unpaired) electrons. The average Bonchev–Trinajstić information content (AvgIpc) is 3.44. The molecule has 1 saturated heterocycles. The maximum Gasteiger partial charge on any atom is 0.229 e. The first-order valence-electron chi connectivity index (χ1n) is 11.2. The molecule has 10 heteroatoms. The number of hydrogen-bond acceptors (Lipinski definition) is 4. The van der Waals surface area contributed by atoms with Crippen molar-refractivity contribution in [3.63, 3.8) is 0 Å². The fraction of sp³-hybridized carbons (Fsp3) is 0.154. The third-order valence-electron chi connectivity index (χ3n) is 6.05. The predicted molar refractivity (Wildman–Crippen MR) is 151 cm³/mol. The summed E-state index contributed by atoms with van der Waals surface area (Å²) in [5, 5.41) is 4.05. The number of halogens is 1. The van der Waals surface area contributed by atoms with Gasteiger partial charge in [0.05, 0.1) is 23.7 Å². The standard InChI is InChI=1S/C26H24BrN5O2S2/c1-17-15-20(11-12-21(17)30-36(2,33)34)32-25(24(29-26(32)35)22-9-3-4-13-28-22)23-10-6-14-31(23)19-8-5-7-18(27)16-19/h3-16,24-25,30H,1-2H3,(H,29,35). The zero-order valence-electron chi connectivity index (χ0n) is 19.6. The molecule has 36 heavy (non-hydrogen) atoms. The number of nitrogens with one attached hydrogen (secondary N) is 2. The number of thiocarbonyl (C=S) groups is 1. The highest BCUT2D eigenvalue weighted by Gasteiger charge is 2.42. The Morgan fingerprint density at radius 2 is 1.86 bits per heavy atom. The Bertz CT molecular complexity index is 1540. The summed E-state index contributed by atoms with van der Waals surface area (Å²) in [5.74, 6) is 0. The SMILES string of the molecule is Cc1cc(N2C(=S)NC(c3ccccn3)C2c2cccn2-c2cccc(Br)c2)ccc1NS(C)(=O)=O. The smallest absolute Gasteiger partial charge is 0.229 e. The molecule has 0 spiro atoms. The van der Waals surface area contributed by atoms with Crippen LogP contribution < -0.4 is 14.9 Å². The van der Waals surface area contributed by atoms with E-state index in [-0.39, 0.29) is 12.1 Å². The molecule has 3 heterocycles. The molecule has 2 N–H and O–H groups in total. The van der Waals surface area contributed by atoms with E-state index < -0.39 is 10.0 Å². The van der Waals surface area contributed by atoms with Gasteiger partial charge in [-0.05, 0) is 85.4 Å². The Balaban J connectivity index is 1.64. The zero-order valence-corrected chi connectivity index (χ0v) is 22.8. The molecule has 0 saturated carbocycles. The molecule has 1 fully saturated rings. The Labute approximate surface area is 224 Å².